The Morgan fingerprint density at radius 2 is 1.67 bits per heavy atom. The number of anilines is 1. The van der Waals surface area contributed by atoms with Gasteiger partial charge in [-0.1, -0.05) is 42.5 Å². The van der Waals surface area contributed by atoms with Gasteiger partial charge in [-0.25, -0.2) is 0 Å². The molecule has 0 N–H and O–H groups in total. The van der Waals surface area contributed by atoms with Crippen LogP contribution in [0.2, 0.25) is 0 Å². The van der Waals surface area contributed by atoms with Gasteiger partial charge in [-0.2, -0.15) is 0 Å². The number of rotatable bonds is 5. The maximum absolute atomic E-state index is 12.4. The number of para-hydroxylation sites is 1. The van der Waals surface area contributed by atoms with Crippen LogP contribution in [0.1, 0.15) is 16.7 Å². The third-order valence-electron chi connectivity index (χ3n) is 4.27. The summed E-state index contributed by atoms with van der Waals surface area (Å²) in [5.41, 5.74) is 4.84. The molecule has 1 amide bonds. The third kappa shape index (κ3) is 3.74. The summed E-state index contributed by atoms with van der Waals surface area (Å²) in [4.78, 5) is 15.6. The first kappa shape index (κ1) is 16.9. The van der Waals surface area contributed by atoms with E-state index in [0.717, 1.165) is 24.3 Å². The quantitative estimate of drug-likeness (QED) is 0.785. The van der Waals surface area contributed by atoms with Crippen molar-refractivity contribution in [3.63, 3.8) is 0 Å². The van der Waals surface area contributed by atoms with Gasteiger partial charge in [0.2, 0.25) is 0 Å². The predicted octanol–water partition coefficient (Wildman–Crippen LogP) is 2.54. The number of nitrogens with zero attached hydrogens (tertiary/aromatic N) is 2. The summed E-state index contributed by atoms with van der Waals surface area (Å²) < 4.78 is 12.4. The van der Waals surface area contributed by atoms with E-state index in [4.69, 9.17) is 0 Å². The van der Waals surface area contributed by atoms with Crippen LogP contribution in [0, 0.1) is 0 Å². The van der Waals surface area contributed by atoms with Crippen LogP contribution < -0.4 is 4.90 Å². The molecule has 0 saturated carbocycles. The minimum atomic E-state index is -1.20. The molecule has 2 aromatic rings. The Morgan fingerprint density at radius 1 is 1.08 bits per heavy atom. The molecule has 126 valence electrons. The Kier molecular flexibility index (Phi) is 5.11. The number of carbonyl (C=O) groups excluding carboxylic acids is 1. The normalized spacial score (nSPS) is 14.4. The average Bonchev–Trinajstić information content (AvgIpc) is 2.98. The standard InChI is InChI=1S/C19H22N2O2S/c1-20(2)19(22)14-24(23)13-17-9-5-6-10-18(17)21-11-15-7-3-4-8-16(15)12-21/h3-10H,11-14H2,1-2H3. The Morgan fingerprint density at radius 3 is 2.29 bits per heavy atom. The molecule has 24 heavy (non-hydrogen) atoms. The first-order valence-electron chi connectivity index (χ1n) is 7.99. The summed E-state index contributed by atoms with van der Waals surface area (Å²) in [5.74, 6) is 0.379. The molecule has 1 heterocycles. The zero-order valence-electron chi connectivity index (χ0n) is 14.1. The van der Waals surface area contributed by atoms with Crippen LogP contribution in [0.25, 0.3) is 0 Å². The van der Waals surface area contributed by atoms with E-state index >= 15 is 0 Å². The van der Waals surface area contributed by atoms with Crippen LogP contribution in [-0.2, 0) is 34.8 Å². The highest BCUT2D eigenvalue weighted by atomic mass is 32.2. The highest BCUT2D eigenvalue weighted by molar-refractivity contribution is 7.91. The molecule has 1 unspecified atom stereocenters. The second kappa shape index (κ2) is 7.28. The van der Waals surface area contributed by atoms with E-state index in [9.17, 15) is 9.35 Å². The van der Waals surface area contributed by atoms with Crippen molar-refractivity contribution in [1.82, 2.24) is 4.90 Å². The molecule has 1 aliphatic rings. The summed E-state index contributed by atoms with van der Waals surface area (Å²) >= 11 is -1.20. The minimum Gasteiger partial charge on any atom is -0.616 e. The van der Waals surface area contributed by atoms with Crippen LogP contribution in [0.15, 0.2) is 48.5 Å². The van der Waals surface area contributed by atoms with E-state index < -0.39 is 11.2 Å². The van der Waals surface area contributed by atoms with E-state index in [2.05, 4.69) is 35.2 Å². The van der Waals surface area contributed by atoms with Crippen molar-refractivity contribution < 1.29 is 9.35 Å². The second-order valence-corrected chi connectivity index (χ2v) is 7.73. The number of carbonyl (C=O) groups is 1. The van der Waals surface area contributed by atoms with Gasteiger partial charge in [0.05, 0.1) is 0 Å². The molecule has 0 aliphatic carbocycles. The van der Waals surface area contributed by atoms with Gasteiger partial charge in [-0.3, -0.25) is 4.79 Å². The molecule has 3 rings (SSSR count). The van der Waals surface area contributed by atoms with Crippen molar-refractivity contribution in [2.24, 2.45) is 0 Å². The fourth-order valence-electron chi connectivity index (χ4n) is 2.94. The molecule has 5 heteroatoms. The number of benzene rings is 2. The first-order chi connectivity index (χ1) is 11.5. The van der Waals surface area contributed by atoms with Crippen molar-refractivity contribution in [3.05, 3.63) is 65.2 Å². The zero-order valence-corrected chi connectivity index (χ0v) is 14.9. The monoisotopic (exact) mass is 342 g/mol. The van der Waals surface area contributed by atoms with E-state index in [0.29, 0.717) is 5.75 Å². The lowest BCUT2D eigenvalue weighted by Gasteiger charge is -2.22. The lowest BCUT2D eigenvalue weighted by atomic mass is 10.1. The Labute approximate surface area is 146 Å². The van der Waals surface area contributed by atoms with Gasteiger partial charge in [0.25, 0.3) is 5.91 Å². The summed E-state index contributed by atoms with van der Waals surface area (Å²) in [6.45, 7) is 1.74. The molecule has 0 aromatic heterocycles. The fraction of sp³-hybridized carbons (Fsp3) is 0.316. The summed E-state index contributed by atoms with van der Waals surface area (Å²) in [5, 5.41) is 0. The molecule has 0 spiro atoms. The molecule has 1 atom stereocenters. The SMILES string of the molecule is CN(C)C(=O)C[S+]([O-])Cc1ccccc1N1Cc2ccccc2C1. The molecule has 4 nitrogen and oxygen atoms in total. The number of hydrogen-bond acceptors (Lipinski definition) is 3. The summed E-state index contributed by atoms with van der Waals surface area (Å²) in [6.07, 6.45) is 0. The van der Waals surface area contributed by atoms with Crippen LogP contribution in [0.3, 0.4) is 0 Å². The second-order valence-electron chi connectivity index (χ2n) is 6.27. The van der Waals surface area contributed by atoms with E-state index in [1.807, 2.05) is 18.2 Å². The van der Waals surface area contributed by atoms with Gasteiger partial charge in [0, 0.05) is 38.4 Å². The lowest BCUT2D eigenvalue weighted by Crippen LogP contribution is -2.30. The van der Waals surface area contributed by atoms with Crippen molar-refractivity contribution in [3.8, 4) is 0 Å². The fourth-order valence-corrected chi connectivity index (χ4v) is 4.16. The van der Waals surface area contributed by atoms with Crippen molar-refractivity contribution >= 4 is 22.8 Å². The molecule has 0 radical (unpaired) electrons. The zero-order chi connectivity index (χ0) is 17.1. The average molecular weight is 342 g/mol. The lowest BCUT2D eigenvalue weighted by molar-refractivity contribution is -0.125. The molecule has 0 saturated heterocycles. The van der Waals surface area contributed by atoms with Crippen LogP contribution >= 0.6 is 0 Å². The minimum absolute atomic E-state index is 0.0710. The molecule has 0 bridgehead atoms. The van der Waals surface area contributed by atoms with Crippen molar-refractivity contribution in [2.45, 2.75) is 18.8 Å². The maximum Gasteiger partial charge on any atom is 0.271 e. The van der Waals surface area contributed by atoms with E-state index in [-0.39, 0.29) is 11.7 Å². The third-order valence-corrected chi connectivity index (χ3v) is 5.47. The topological polar surface area (TPSA) is 46.6 Å². The van der Waals surface area contributed by atoms with E-state index in [1.165, 1.54) is 16.0 Å². The highest BCUT2D eigenvalue weighted by Gasteiger charge is 2.23. The highest BCUT2D eigenvalue weighted by Crippen LogP contribution is 2.31. The van der Waals surface area contributed by atoms with Gasteiger partial charge >= 0.3 is 0 Å². The van der Waals surface area contributed by atoms with Crippen molar-refractivity contribution in [2.75, 3.05) is 24.7 Å². The predicted molar refractivity (Wildman–Crippen MR) is 98.2 cm³/mol. The van der Waals surface area contributed by atoms with Crippen molar-refractivity contribution in [1.29, 1.82) is 0 Å². The first-order valence-corrected chi connectivity index (χ1v) is 9.48. The van der Waals surface area contributed by atoms with Crippen LogP contribution in [0.5, 0.6) is 0 Å². The smallest absolute Gasteiger partial charge is 0.271 e. The number of fused-ring (bicyclic) bond motifs is 1. The Bertz CT molecular complexity index is 708. The molecule has 2 aromatic carbocycles. The molecule has 0 fully saturated rings. The molecular weight excluding hydrogens is 320 g/mol. The van der Waals surface area contributed by atoms with Gasteiger partial charge in [-0.05, 0) is 28.4 Å². The van der Waals surface area contributed by atoms with Gasteiger partial charge in [-0.15, -0.1) is 0 Å². The van der Waals surface area contributed by atoms with E-state index in [1.54, 1.807) is 14.1 Å². The summed E-state index contributed by atoms with van der Waals surface area (Å²) in [7, 11) is 3.38. The van der Waals surface area contributed by atoms with Gasteiger partial charge in [0.15, 0.2) is 5.75 Å². The van der Waals surface area contributed by atoms with Crippen LogP contribution in [-0.4, -0.2) is 35.2 Å². The maximum atomic E-state index is 12.4. The Hall–Kier alpha value is -1.98. The molecular formula is C19H22N2O2S. The Balaban J connectivity index is 1.74. The van der Waals surface area contributed by atoms with Crippen LogP contribution in [0.4, 0.5) is 5.69 Å². The van der Waals surface area contributed by atoms with Gasteiger partial charge in [0.1, 0.15) is 5.75 Å². The molecule has 1 aliphatic heterocycles. The summed E-state index contributed by atoms with van der Waals surface area (Å²) in [6, 6.07) is 16.5. The number of amides is 1. The number of hydrogen-bond donors (Lipinski definition) is 0. The largest absolute Gasteiger partial charge is 0.616 e. The van der Waals surface area contributed by atoms with Gasteiger partial charge < -0.3 is 14.4 Å².